The van der Waals surface area contributed by atoms with E-state index in [1.165, 1.54) is 0 Å². The van der Waals surface area contributed by atoms with Crippen molar-refractivity contribution in [2.24, 2.45) is 0 Å². The third kappa shape index (κ3) is 3.18. The van der Waals surface area contributed by atoms with E-state index in [9.17, 15) is 4.79 Å². The van der Waals surface area contributed by atoms with Gasteiger partial charge >= 0.3 is 0 Å². The van der Waals surface area contributed by atoms with Crippen molar-refractivity contribution in [2.45, 2.75) is 32.4 Å². The number of amides is 1. The maximum Gasteiger partial charge on any atom is 0.244 e. The van der Waals surface area contributed by atoms with Gasteiger partial charge in [-0.1, -0.05) is 18.2 Å². The highest BCUT2D eigenvalue weighted by Crippen LogP contribution is 2.24. The smallest absolute Gasteiger partial charge is 0.244 e. The molecule has 0 N–H and O–H groups in total. The zero-order chi connectivity index (χ0) is 15.5. The van der Waals surface area contributed by atoms with E-state index in [1.807, 2.05) is 49.2 Å². The van der Waals surface area contributed by atoms with Crippen LogP contribution in [0.15, 0.2) is 30.3 Å². The van der Waals surface area contributed by atoms with Crippen molar-refractivity contribution in [1.29, 1.82) is 0 Å². The third-order valence-corrected chi connectivity index (χ3v) is 4.79. The number of likely N-dealkylation sites (N-methyl/N-ethyl adjacent to an activating group) is 1. The highest BCUT2D eigenvalue weighted by Gasteiger charge is 2.32. The van der Waals surface area contributed by atoms with Gasteiger partial charge in [0, 0.05) is 12.2 Å². The molecule has 0 bridgehead atoms. The summed E-state index contributed by atoms with van der Waals surface area (Å²) in [6.07, 6.45) is 1.92. The Morgan fingerprint density at radius 3 is 2.77 bits per heavy atom. The van der Waals surface area contributed by atoms with E-state index in [2.05, 4.69) is 15.1 Å². The molecule has 1 aromatic heterocycles. The van der Waals surface area contributed by atoms with Gasteiger partial charge in [-0.25, -0.2) is 0 Å². The number of piperidine rings is 1. The first kappa shape index (κ1) is 15.1. The van der Waals surface area contributed by atoms with Gasteiger partial charge in [0.25, 0.3) is 0 Å². The summed E-state index contributed by atoms with van der Waals surface area (Å²) in [5.74, 6) is 0.182. The average Bonchev–Trinajstić information content (AvgIpc) is 2.93. The van der Waals surface area contributed by atoms with Crippen LogP contribution in [0.1, 0.15) is 22.9 Å². The molecule has 2 heterocycles. The number of benzene rings is 1. The minimum Gasteiger partial charge on any atom is -0.311 e. The van der Waals surface area contributed by atoms with Gasteiger partial charge in [0.15, 0.2) is 0 Å². The summed E-state index contributed by atoms with van der Waals surface area (Å²) in [4.78, 5) is 16.8. The molecule has 1 aliphatic heterocycles. The van der Waals surface area contributed by atoms with E-state index in [4.69, 9.17) is 0 Å². The van der Waals surface area contributed by atoms with Crippen LogP contribution in [0.2, 0.25) is 0 Å². The summed E-state index contributed by atoms with van der Waals surface area (Å²) in [7, 11) is 1.99. The zero-order valence-corrected chi connectivity index (χ0v) is 13.7. The van der Waals surface area contributed by atoms with Gasteiger partial charge in [-0.05, 0) is 38.9 Å². The van der Waals surface area contributed by atoms with E-state index in [0.29, 0.717) is 6.54 Å². The Balaban J connectivity index is 1.72. The third-order valence-electron chi connectivity index (χ3n) is 3.96. The highest BCUT2D eigenvalue weighted by molar-refractivity contribution is 7.11. The Hall–Kier alpha value is -1.79. The summed E-state index contributed by atoms with van der Waals surface area (Å²) in [6, 6.07) is 9.82. The van der Waals surface area contributed by atoms with Crippen molar-refractivity contribution in [3.8, 4) is 0 Å². The molecular weight excluding hydrogens is 296 g/mol. The predicted octanol–water partition coefficient (Wildman–Crippen LogP) is 2.47. The second-order valence-corrected chi connectivity index (χ2v) is 6.88. The first-order valence-electron chi connectivity index (χ1n) is 7.51. The molecule has 22 heavy (non-hydrogen) atoms. The summed E-state index contributed by atoms with van der Waals surface area (Å²) in [5.41, 5.74) is 0.984. The van der Waals surface area contributed by atoms with Gasteiger partial charge in [0.05, 0.1) is 12.6 Å². The lowest BCUT2D eigenvalue weighted by atomic mass is 10.0. The van der Waals surface area contributed by atoms with Crippen molar-refractivity contribution in [3.05, 3.63) is 40.3 Å². The van der Waals surface area contributed by atoms with Gasteiger partial charge < -0.3 is 4.90 Å². The molecule has 0 radical (unpaired) electrons. The van der Waals surface area contributed by atoms with Crippen LogP contribution < -0.4 is 4.90 Å². The summed E-state index contributed by atoms with van der Waals surface area (Å²) < 4.78 is 0. The SMILES string of the molecule is Cc1nnc(CN(C)[C@H]2CCCN(c3ccccc3)C2=O)s1. The normalized spacial score (nSPS) is 19.0. The Bertz CT molecular complexity index is 643. The first-order valence-corrected chi connectivity index (χ1v) is 8.32. The molecule has 1 aromatic carbocycles. The number of carbonyl (C=O) groups excluding carboxylic acids is 1. The summed E-state index contributed by atoms with van der Waals surface area (Å²) in [5, 5.41) is 10.1. The topological polar surface area (TPSA) is 49.3 Å². The van der Waals surface area contributed by atoms with E-state index < -0.39 is 0 Å². The quantitative estimate of drug-likeness (QED) is 0.869. The van der Waals surface area contributed by atoms with E-state index in [0.717, 1.165) is 35.1 Å². The van der Waals surface area contributed by atoms with Crippen LogP contribution in [0.25, 0.3) is 0 Å². The minimum atomic E-state index is -0.0850. The molecule has 0 saturated carbocycles. The van der Waals surface area contributed by atoms with Crippen LogP contribution in [-0.4, -0.2) is 40.6 Å². The van der Waals surface area contributed by atoms with Crippen molar-refractivity contribution in [1.82, 2.24) is 15.1 Å². The van der Waals surface area contributed by atoms with Crippen LogP contribution in [-0.2, 0) is 11.3 Å². The number of rotatable bonds is 4. The average molecular weight is 316 g/mol. The van der Waals surface area contributed by atoms with Crippen LogP contribution in [0.5, 0.6) is 0 Å². The Kier molecular flexibility index (Phi) is 4.49. The van der Waals surface area contributed by atoms with Gasteiger partial charge in [0.1, 0.15) is 10.0 Å². The molecule has 0 unspecified atom stereocenters. The first-order chi connectivity index (χ1) is 10.6. The maximum absolute atomic E-state index is 12.8. The summed E-state index contributed by atoms with van der Waals surface area (Å²) >= 11 is 1.59. The minimum absolute atomic E-state index is 0.0850. The fourth-order valence-corrected chi connectivity index (χ4v) is 3.63. The van der Waals surface area contributed by atoms with Crippen LogP contribution in [0, 0.1) is 6.92 Å². The van der Waals surface area contributed by atoms with Crippen LogP contribution >= 0.6 is 11.3 Å². The molecular formula is C16H20N4OS. The number of nitrogens with zero attached hydrogens (tertiary/aromatic N) is 4. The maximum atomic E-state index is 12.8. The largest absolute Gasteiger partial charge is 0.311 e. The zero-order valence-electron chi connectivity index (χ0n) is 12.9. The number of para-hydroxylation sites is 1. The molecule has 1 saturated heterocycles. The van der Waals surface area contributed by atoms with Gasteiger partial charge in [0.2, 0.25) is 5.91 Å². The Labute approximate surface area is 134 Å². The van der Waals surface area contributed by atoms with Crippen LogP contribution in [0.4, 0.5) is 5.69 Å². The second kappa shape index (κ2) is 6.54. The standard InChI is InChI=1S/C16H20N4OS/c1-12-17-18-15(22-12)11-19(2)14-9-6-10-20(16(14)21)13-7-4-3-5-8-13/h3-5,7-8,14H,6,9-11H2,1-2H3/t14-/m0/s1. The molecule has 0 aliphatic carbocycles. The van der Waals surface area contributed by atoms with Gasteiger partial charge in [-0.2, -0.15) is 0 Å². The molecule has 6 heteroatoms. The highest BCUT2D eigenvalue weighted by atomic mass is 32.1. The van der Waals surface area contributed by atoms with E-state index in [-0.39, 0.29) is 11.9 Å². The number of carbonyl (C=O) groups is 1. The number of hydrogen-bond donors (Lipinski definition) is 0. The number of anilines is 1. The summed E-state index contributed by atoms with van der Waals surface area (Å²) in [6.45, 7) is 3.42. The fraction of sp³-hybridized carbons (Fsp3) is 0.438. The lowest BCUT2D eigenvalue weighted by molar-refractivity contribution is -0.125. The van der Waals surface area contributed by atoms with Crippen molar-refractivity contribution in [3.63, 3.8) is 0 Å². The Morgan fingerprint density at radius 2 is 2.09 bits per heavy atom. The molecule has 1 atom stereocenters. The van der Waals surface area contributed by atoms with Crippen molar-refractivity contribution in [2.75, 3.05) is 18.5 Å². The van der Waals surface area contributed by atoms with Crippen LogP contribution in [0.3, 0.4) is 0 Å². The van der Waals surface area contributed by atoms with Gasteiger partial charge in [-0.3, -0.25) is 9.69 Å². The lowest BCUT2D eigenvalue weighted by Crippen LogP contribution is -2.51. The Morgan fingerprint density at radius 1 is 1.32 bits per heavy atom. The molecule has 1 amide bonds. The van der Waals surface area contributed by atoms with E-state index in [1.54, 1.807) is 11.3 Å². The predicted molar refractivity (Wildman–Crippen MR) is 87.9 cm³/mol. The van der Waals surface area contributed by atoms with Crippen molar-refractivity contribution >= 4 is 22.9 Å². The van der Waals surface area contributed by atoms with Crippen molar-refractivity contribution < 1.29 is 4.79 Å². The number of hydrogen-bond acceptors (Lipinski definition) is 5. The molecule has 1 fully saturated rings. The fourth-order valence-electron chi connectivity index (χ4n) is 2.85. The molecule has 116 valence electrons. The number of aryl methyl sites for hydroxylation is 1. The monoisotopic (exact) mass is 316 g/mol. The molecule has 5 nitrogen and oxygen atoms in total. The molecule has 0 spiro atoms. The lowest BCUT2D eigenvalue weighted by Gasteiger charge is -2.36. The second-order valence-electron chi connectivity index (χ2n) is 5.61. The molecule has 2 aromatic rings. The van der Waals surface area contributed by atoms with Gasteiger partial charge in [-0.15, -0.1) is 21.5 Å². The molecule has 3 rings (SSSR count). The number of aromatic nitrogens is 2. The molecule has 1 aliphatic rings. The van der Waals surface area contributed by atoms with E-state index >= 15 is 0 Å².